The van der Waals surface area contributed by atoms with Crippen LogP contribution in [0.15, 0.2) is 18.2 Å². The van der Waals surface area contributed by atoms with Crippen molar-refractivity contribution in [3.05, 3.63) is 29.0 Å². The van der Waals surface area contributed by atoms with Gasteiger partial charge in [0.2, 0.25) is 0 Å². The molecule has 3 nitrogen and oxygen atoms in total. The van der Waals surface area contributed by atoms with Crippen LogP contribution in [0.4, 0.5) is 14.9 Å². The summed E-state index contributed by atoms with van der Waals surface area (Å²) in [5.74, 6) is -0.589. The number of ether oxygens (including phenoxy) is 1. The van der Waals surface area contributed by atoms with Gasteiger partial charge in [-0.1, -0.05) is 18.5 Å². The van der Waals surface area contributed by atoms with Crippen LogP contribution in [-0.2, 0) is 4.74 Å². The lowest BCUT2D eigenvalue weighted by molar-refractivity contribution is 0.118. The van der Waals surface area contributed by atoms with Crippen molar-refractivity contribution in [2.45, 2.75) is 26.4 Å². The number of amides is 1. The Morgan fingerprint density at radius 3 is 2.88 bits per heavy atom. The Morgan fingerprint density at radius 1 is 1.62 bits per heavy atom. The molecule has 1 unspecified atom stereocenters. The molecule has 0 bridgehead atoms. The van der Waals surface area contributed by atoms with Gasteiger partial charge in [-0.3, -0.25) is 5.32 Å². The van der Waals surface area contributed by atoms with E-state index in [9.17, 15) is 9.18 Å². The summed E-state index contributed by atoms with van der Waals surface area (Å²) in [7, 11) is 0. The minimum absolute atomic E-state index is 0.0534. The van der Waals surface area contributed by atoms with E-state index < -0.39 is 11.9 Å². The summed E-state index contributed by atoms with van der Waals surface area (Å²) in [6.45, 7) is 3.65. The van der Waals surface area contributed by atoms with Crippen molar-refractivity contribution in [2.24, 2.45) is 0 Å². The first kappa shape index (κ1) is 12.8. The summed E-state index contributed by atoms with van der Waals surface area (Å²) in [5.41, 5.74) is 0.0534. The molecule has 1 N–H and O–H groups in total. The van der Waals surface area contributed by atoms with Gasteiger partial charge in [0.05, 0.1) is 5.69 Å². The fourth-order valence-corrected chi connectivity index (χ4v) is 1.16. The van der Waals surface area contributed by atoms with Crippen LogP contribution in [0, 0.1) is 5.82 Å². The van der Waals surface area contributed by atoms with E-state index in [1.165, 1.54) is 12.1 Å². The molecule has 16 heavy (non-hydrogen) atoms. The van der Waals surface area contributed by atoms with E-state index >= 15 is 0 Å². The lowest BCUT2D eigenvalue weighted by Crippen LogP contribution is -2.20. The van der Waals surface area contributed by atoms with Crippen molar-refractivity contribution in [1.29, 1.82) is 0 Å². The zero-order chi connectivity index (χ0) is 12.1. The number of carbonyl (C=O) groups is 1. The Labute approximate surface area is 98.5 Å². The third kappa shape index (κ3) is 3.70. The normalized spacial score (nSPS) is 12.0. The highest BCUT2D eigenvalue weighted by molar-refractivity contribution is 6.30. The van der Waals surface area contributed by atoms with E-state index in [1.807, 2.05) is 6.92 Å². The van der Waals surface area contributed by atoms with E-state index in [4.69, 9.17) is 16.3 Å². The first-order valence-electron chi connectivity index (χ1n) is 4.95. The molecule has 0 aliphatic carbocycles. The van der Waals surface area contributed by atoms with Crippen LogP contribution in [-0.4, -0.2) is 12.2 Å². The summed E-state index contributed by atoms with van der Waals surface area (Å²) < 4.78 is 18.2. The van der Waals surface area contributed by atoms with Crippen LogP contribution in [0.25, 0.3) is 0 Å². The SMILES string of the molecule is CCC(C)OC(=O)Nc1ccc(Cl)cc1F. The van der Waals surface area contributed by atoms with Crippen LogP contribution in [0.2, 0.25) is 5.02 Å². The number of rotatable bonds is 3. The second-order valence-electron chi connectivity index (χ2n) is 3.37. The molecule has 0 heterocycles. The predicted molar refractivity (Wildman–Crippen MR) is 61.3 cm³/mol. The maximum absolute atomic E-state index is 13.3. The maximum atomic E-state index is 13.3. The molecular formula is C11H13ClFNO2. The van der Waals surface area contributed by atoms with E-state index in [1.54, 1.807) is 6.92 Å². The van der Waals surface area contributed by atoms with Gasteiger partial charge in [-0.25, -0.2) is 9.18 Å². The molecule has 88 valence electrons. The Bertz CT molecular complexity index is 384. The van der Waals surface area contributed by atoms with Crippen LogP contribution in [0.3, 0.4) is 0 Å². The van der Waals surface area contributed by atoms with Gasteiger partial charge >= 0.3 is 6.09 Å². The third-order valence-electron chi connectivity index (χ3n) is 2.05. The molecular weight excluding hydrogens is 233 g/mol. The molecule has 0 saturated heterocycles. The van der Waals surface area contributed by atoms with E-state index in [-0.39, 0.29) is 16.8 Å². The van der Waals surface area contributed by atoms with Crippen molar-refractivity contribution in [2.75, 3.05) is 5.32 Å². The highest BCUT2D eigenvalue weighted by Gasteiger charge is 2.10. The van der Waals surface area contributed by atoms with Crippen molar-refractivity contribution < 1.29 is 13.9 Å². The molecule has 0 aromatic heterocycles. The first-order chi connectivity index (χ1) is 7.52. The number of benzene rings is 1. The van der Waals surface area contributed by atoms with Crippen molar-refractivity contribution in [3.63, 3.8) is 0 Å². The van der Waals surface area contributed by atoms with Crippen molar-refractivity contribution >= 4 is 23.4 Å². The lowest BCUT2D eigenvalue weighted by Gasteiger charge is -2.12. The fourth-order valence-electron chi connectivity index (χ4n) is 0.996. The smallest absolute Gasteiger partial charge is 0.411 e. The van der Waals surface area contributed by atoms with E-state index in [0.29, 0.717) is 6.42 Å². The van der Waals surface area contributed by atoms with Crippen molar-refractivity contribution in [3.8, 4) is 0 Å². The highest BCUT2D eigenvalue weighted by Crippen LogP contribution is 2.19. The van der Waals surface area contributed by atoms with Gasteiger partial charge in [-0.05, 0) is 31.5 Å². The van der Waals surface area contributed by atoms with Gasteiger partial charge in [0.1, 0.15) is 11.9 Å². The lowest BCUT2D eigenvalue weighted by atomic mass is 10.3. The van der Waals surface area contributed by atoms with Crippen LogP contribution in [0.1, 0.15) is 20.3 Å². The minimum atomic E-state index is -0.671. The second kappa shape index (κ2) is 5.70. The Hall–Kier alpha value is -1.29. The Morgan fingerprint density at radius 2 is 2.31 bits per heavy atom. The largest absolute Gasteiger partial charge is 0.446 e. The zero-order valence-corrected chi connectivity index (χ0v) is 9.84. The average Bonchev–Trinajstić information content (AvgIpc) is 2.22. The van der Waals surface area contributed by atoms with Gasteiger partial charge in [0.25, 0.3) is 0 Å². The number of carbonyl (C=O) groups excluding carboxylic acids is 1. The average molecular weight is 246 g/mol. The molecule has 0 spiro atoms. The topological polar surface area (TPSA) is 38.3 Å². The van der Waals surface area contributed by atoms with Crippen molar-refractivity contribution in [1.82, 2.24) is 0 Å². The molecule has 0 aliphatic heterocycles. The fraction of sp³-hybridized carbons (Fsp3) is 0.364. The summed E-state index contributed by atoms with van der Waals surface area (Å²) in [4.78, 5) is 11.3. The molecule has 0 saturated carbocycles. The maximum Gasteiger partial charge on any atom is 0.411 e. The predicted octanol–water partition coefficient (Wildman–Crippen LogP) is 3.83. The van der Waals surface area contributed by atoms with Gasteiger partial charge < -0.3 is 4.74 Å². The van der Waals surface area contributed by atoms with Gasteiger partial charge in [0, 0.05) is 5.02 Å². The van der Waals surface area contributed by atoms with Crippen LogP contribution in [0.5, 0.6) is 0 Å². The summed E-state index contributed by atoms with van der Waals surface area (Å²) in [5, 5.41) is 2.58. The summed E-state index contributed by atoms with van der Waals surface area (Å²) in [6, 6.07) is 4.00. The monoisotopic (exact) mass is 245 g/mol. The standard InChI is InChI=1S/C11H13ClFNO2/c1-3-7(2)16-11(15)14-10-5-4-8(12)6-9(10)13/h4-7H,3H2,1-2H3,(H,14,15). The molecule has 0 fully saturated rings. The Kier molecular flexibility index (Phi) is 4.55. The van der Waals surface area contributed by atoms with Gasteiger partial charge in [-0.2, -0.15) is 0 Å². The first-order valence-corrected chi connectivity index (χ1v) is 5.33. The molecule has 1 aromatic carbocycles. The molecule has 1 amide bonds. The summed E-state index contributed by atoms with van der Waals surface area (Å²) >= 11 is 5.58. The van der Waals surface area contributed by atoms with E-state index in [2.05, 4.69) is 5.32 Å². The Balaban J connectivity index is 2.63. The van der Waals surface area contributed by atoms with Gasteiger partial charge in [0.15, 0.2) is 0 Å². The number of hydrogen-bond acceptors (Lipinski definition) is 2. The zero-order valence-electron chi connectivity index (χ0n) is 9.09. The number of nitrogens with one attached hydrogen (secondary N) is 1. The number of halogens is 2. The van der Waals surface area contributed by atoms with E-state index in [0.717, 1.165) is 6.07 Å². The quantitative estimate of drug-likeness (QED) is 0.879. The van der Waals surface area contributed by atoms with Gasteiger partial charge in [-0.15, -0.1) is 0 Å². The third-order valence-corrected chi connectivity index (χ3v) is 2.29. The number of hydrogen-bond donors (Lipinski definition) is 1. The molecule has 1 atom stereocenters. The summed E-state index contributed by atoms with van der Waals surface area (Å²) in [6.07, 6.45) is -0.165. The molecule has 1 rings (SSSR count). The van der Waals surface area contributed by atoms with Crippen LogP contribution >= 0.6 is 11.6 Å². The van der Waals surface area contributed by atoms with Crippen LogP contribution < -0.4 is 5.32 Å². The highest BCUT2D eigenvalue weighted by atomic mass is 35.5. The molecule has 0 aliphatic rings. The molecule has 5 heteroatoms. The molecule has 1 aromatic rings. The number of anilines is 1. The minimum Gasteiger partial charge on any atom is -0.446 e. The molecule has 0 radical (unpaired) electrons. The second-order valence-corrected chi connectivity index (χ2v) is 3.81.